The molecule has 0 aromatic carbocycles. The molecule has 0 N–H and O–H groups in total. The van der Waals surface area contributed by atoms with Gasteiger partial charge in [0.1, 0.15) is 0 Å². The summed E-state index contributed by atoms with van der Waals surface area (Å²) in [7, 11) is 0.0509. The average molecular weight is 119 g/mol. The lowest BCUT2D eigenvalue weighted by Crippen LogP contribution is -1.76. The van der Waals surface area contributed by atoms with Gasteiger partial charge >= 0.3 is 0 Å². The quantitative estimate of drug-likeness (QED) is 0.336. The molecule has 0 spiro atoms. The number of halogens is 1. The molecule has 0 heterocycles. The summed E-state index contributed by atoms with van der Waals surface area (Å²) in [6.45, 7) is 0. The Bertz CT molecular complexity index is 166. The number of rotatable bonds is 0. The first kappa shape index (κ1) is 1.80. The second kappa shape index (κ2) is 1.14. The maximum absolute atomic E-state index is 9.86. The Morgan fingerprint density at radius 1 is 2.00 bits per heavy atom. The van der Waals surface area contributed by atoms with Crippen molar-refractivity contribution < 1.29 is 12.5 Å². The molecule has 0 radical (unpaired) electrons. The Balaban J connectivity index is 4.53. The molecule has 0 aromatic rings. The van der Waals surface area contributed by atoms with E-state index in [1.807, 2.05) is 0 Å². The van der Waals surface area contributed by atoms with E-state index in [-0.39, 0.29) is 0 Å². The monoisotopic (exact) mass is 118 g/mol. The van der Waals surface area contributed by atoms with Gasteiger partial charge in [0, 0.05) is 14.8 Å². The minimum absolute atomic E-state index is 3.07. The first-order valence-corrected chi connectivity index (χ1v) is 3.00. The maximum Gasteiger partial charge on any atom is 0.229 e. The van der Waals surface area contributed by atoms with Crippen LogP contribution in [-0.4, -0.2) is 14.6 Å². The molecule has 0 saturated carbocycles. The zero-order chi connectivity index (χ0) is 7.00. The Morgan fingerprint density at radius 3 is 2.20 bits per heavy atom. The van der Waals surface area contributed by atoms with Gasteiger partial charge in [-0.25, -0.2) is 8.42 Å². The van der Waals surface area contributed by atoms with Gasteiger partial charge < -0.3 is 0 Å². The highest BCUT2D eigenvalue weighted by Gasteiger charge is 1.83. The maximum atomic E-state index is 9.86. The van der Waals surface area contributed by atoms with Crippen LogP contribution in [0.5, 0.6) is 0 Å². The van der Waals surface area contributed by atoms with Crippen molar-refractivity contribution in [2.75, 3.05) is 6.18 Å². The molecule has 0 fully saturated rings. The molecule has 0 atom stereocenters. The van der Waals surface area contributed by atoms with E-state index in [0.29, 0.717) is 0 Å². The van der Waals surface area contributed by atoms with Crippen LogP contribution in [0, 0.1) is 0 Å². The van der Waals surface area contributed by atoms with Gasteiger partial charge in [0.2, 0.25) is 9.05 Å². The molecule has 0 rings (SSSR count). The summed E-state index contributed by atoms with van der Waals surface area (Å²) < 4.78 is 38.3. The van der Waals surface area contributed by atoms with Crippen molar-refractivity contribution in [3.8, 4) is 0 Å². The molecule has 0 saturated heterocycles. The normalized spacial score (nSPS) is 23.0. The van der Waals surface area contributed by atoms with Crippen molar-refractivity contribution in [1.29, 1.82) is 0 Å². The lowest BCUT2D eigenvalue weighted by atomic mass is 13.0. The molecular weight excluding hydrogens is 113 g/mol. The molecule has 0 aliphatic carbocycles. The van der Waals surface area contributed by atoms with E-state index in [1.165, 1.54) is 0 Å². The van der Waals surface area contributed by atoms with Gasteiger partial charge in [-0.15, -0.1) is 0 Å². The fourth-order valence-corrected chi connectivity index (χ4v) is 0. The second-order valence-corrected chi connectivity index (χ2v) is 2.53. The van der Waals surface area contributed by atoms with Gasteiger partial charge in [-0.2, -0.15) is 0 Å². The lowest BCUT2D eigenvalue weighted by molar-refractivity contribution is 0.615. The van der Waals surface area contributed by atoms with E-state index in [9.17, 15) is 8.42 Å². The Kier molecular flexibility index (Phi) is 0.411. The highest BCUT2D eigenvalue weighted by molar-refractivity contribution is 8.13. The molecule has 2 nitrogen and oxygen atoms in total. The Morgan fingerprint density at radius 2 is 2.20 bits per heavy atom. The van der Waals surface area contributed by atoms with Gasteiger partial charge in [-0.1, -0.05) is 0 Å². The van der Waals surface area contributed by atoms with E-state index in [0.717, 1.165) is 0 Å². The highest BCUT2D eigenvalue weighted by Crippen LogP contribution is 1.83. The molecule has 4 heteroatoms. The first-order valence-electron chi connectivity index (χ1n) is 2.19. The van der Waals surface area contributed by atoms with Gasteiger partial charge in [-0.05, 0) is 0 Å². The predicted octanol–water partition coefficient (Wildman–Crippen LogP) is 0.185. The molecule has 5 heavy (non-hydrogen) atoms. The molecule has 32 valence electrons. The fraction of sp³-hybridized carbons (Fsp3) is 1.00. The van der Waals surface area contributed by atoms with Crippen LogP contribution in [-0.2, 0) is 9.05 Å². The lowest BCUT2D eigenvalue weighted by Gasteiger charge is -1.65. The molecule has 0 bridgehead atoms. The summed E-state index contributed by atoms with van der Waals surface area (Å²) in [6.07, 6.45) is -3.07. The largest absolute Gasteiger partial charge is 0.229 e. The van der Waals surface area contributed by atoms with Crippen LogP contribution < -0.4 is 0 Å². The van der Waals surface area contributed by atoms with Crippen molar-refractivity contribution in [1.82, 2.24) is 0 Å². The minimum Gasteiger partial charge on any atom is -0.213 e. The van der Waals surface area contributed by atoms with Crippen molar-refractivity contribution in [3.05, 3.63) is 0 Å². The molecule has 0 amide bonds. The van der Waals surface area contributed by atoms with E-state index in [2.05, 4.69) is 10.7 Å². The third-order valence-corrected chi connectivity index (χ3v) is 0. The summed E-state index contributed by atoms with van der Waals surface area (Å²) in [5.41, 5.74) is 0. The second-order valence-electron chi connectivity index (χ2n) is 0.438. The summed E-state index contributed by atoms with van der Waals surface area (Å²) in [5.74, 6) is 0. The molecular formula is CH3ClO2S. The van der Waals surface area contributed by atoms with Crippen LogP contribution in [0.3, 0.4) is 0 Å². The van der Waals surface area contributed by atoms with Crippen molar-refractivity contribution in [3.63, 3.8) is 0 Å². The summed E-state index contributed by atoms with van der Waals surface area (Å²) in [6, 6.07) is 0. The predicted molar refractivity (Wildman–Crippen MR) is 20.7 cm³/mol. The van der Waals surface area contributed by atoms with E-state index >= 15 is 0 Å². The smallest absolute Gasteiger partial charge is 0.213 e. The first-order chi connectivity index (χ1) is 3.25. The van der Waals surface area contributed by atoms with Gasteiger partial charge in [0.25, 0.3) is 0 Å². The van der Waals surface area contributed by atoms with Crippen LogP contribution in [0.15, 0.2) is 0 Å². The number of hydrogen-bond acceptors (Lipinski definition) is 2. The van der Waals surface area contributed by atoms with E-state index in [1.54, 1.807) is 0 Å². The van der Waals surface area contributed by atoms with Gasteiger partial charge in [0.15, 0.2) is 0 Å². The topological polar surface area (TPSA) is 34.1 Å². The van der Waals surface area contributed by atoms with Gasteiger partial charge in [-0.3, -0.25) is 0 Å². The Labute approximate surface area is 39.4 Å². The third-order valence-electron chi connectivity index (χ3n) is 0. The molecule has 0 unspecified atom stereocenters. The highest BCUT2D eigenvalue weighted by atomic mass is 35.7. The molecule has 0 aromatic heterocycles. The van der Waals surface area contributed by atoms with Crippen LogP contribution in [0.1, 0.15) is 4.11 Å². The van der Waals surface area contributed by atoms with Crippen LogP contribution in [0.25, 0.3) is 0 Å². The SMILES string of the molecule is [2H][13C]([2H])([2H])S(=O)(=O)Cl. The summed E-state index contributed by atoms with van der Waals surface area (Å²) >= 11 is 0. The van der Waals surface area contributed by atoms with E-state index in [4.69, 9.17) is 4.11 Å². The van der Waals surface area contributed by atoms with E-state index < -0.39 is 15.2 Å². The van der Waals surface area contributed by atoms with Crippen molar-refractivity contribution in [2.24, 2.45) is 0 Å². The third kappa shape index (κ3) is 369. The van der Waals surface area contributed by atoms with Crippen LogP contribution >= 0.6 is 10.7 Å². The standard InChI is InChI=1S/CH3ClO2S/c1-5(2,3)4/h1H3/i1+1D3. The summed E-state index contributed by atoms with van der Waals surface area (Å²) in [4.78, 5) is 0. The molecule has 0 aliphatic heterocycles. The summed E-state index contributed by atoms with van der Waals surface area (Å²) in [5, 5.41) is 0. The minimum atomic E-state index is -4.37. The Hall–Kier alpha value is 0.240. The van der Waals surface area contributed by atoms with Crippen molar-refractivity contribution in [2.45, 2.75) is 0 Å². The van der Waals surface area contributed by atoms with Crippen LogP contribution in [0.4, 0.5) is 0 Å². The van der Waals surface area contributed by atoms with Gasteiger partial charge in [0.05, 0.1) is 6.18 Å². The zero-order valence-corrected chi connectivity index (χ0v) is 3.68. The number of hydrogen-bond donors (Lipinski definition) is 0. The van der Waals surface area contributed by atoms with Crippen LogP contribution in [0.2, 0.25) is 0 Å². The average Bonchev–Trinajstić information content (AvgIpc) is 1.25. The fourth-order valence-electron chi connectivity index (χ4n) is 0. The van der Waals surface area contributed by atoms with Crippen molar-refractivity contribution >= 4 is 19.7 Å². The zero-order valence-electron chi connectivity index (χ0n) is 5.10. The molecule has 0 aliphatic rings.